The fourth-order valence-electron chi connectivity index (χ4n) is 5.91. The molecule has 0 aromatic heterocycles. The number of hydrogen-bond acceptors (Lipinski definition) is 6. The van der Waals surface area contributed by atoms with E-state index in [-0.39, 0.29) is 11.6 Å². The van der Waals surface area contributed by atoms with Crippen molar-refractivity contribution in [2.24, 2.45) is 10.9 Å². The first kappa shape index (κ1) is 22.9. The van der Waals surface area contributed by atoms with Crippen LogP contribution < -0.4 is 10.1 Å². The van der Waals surface area contributed by atoms with E-state index in [2.05, 4.69) is 34.5 Å². The minimum atomic E-state index is -0.795. The second-order valence-corrected chi connectivity index (χ2v) is 10.3. The average Bonchev–Trinajstić information content (AvgIpc) is 2.94. The molecular formula is C32H27N3O3. The molecule has 188 valence electrons. The van der Waals surface area contributed by atoms with Crippen LogP contribution in [0, 0.1) is 12.8 Å². The molecule has 1 unspecified atom stereocenters. The number of nitrogens with one attached hydrogen (secondary N) is 1. The number of allylic oxidation sites excluding steroid dienone is 3. The van der Waals surface area contributed by atoms with Crippen LogP contribution in [-0.4, -0.2) is 41.8 Å². The number of benzene rings is 3. The Morgan fingerprint density at radius 2 is 1.79 bits per heavy atom. The second kappa shape index (κ2) is 8.92. The van der Waals surface area contributed by atoms with Gasteiger partial charge in [-0.25, -0.2) is 4.99 Å². The molecule has 2 aliphatic heterocycles. The highest BCUT2D eigenvalue weighted by Crippen LogP contribution is 2.43. The topological polar surface area (TPSA) is 71.0 Å². The lowest BCUT2D eigenvalue weighted by atomic mass is 9.72. The minimum Gasteiger partial charge on any atom is -0.453 e. The van der Waals surface area contributed by atoms with Crippen LogP contribution >= 0.6 is 0 Å². The summed E-state index contributed by atoms with van der Waals surface area (Å²) in [5.74, 6) is 0.130. The number of nitrogens with zero attached hydrogens (tertiary/aromatic N) is 2. The van der Waals surface area contributed by atoms with Gasteiger partial charge in [-0.2, -0.15) is 0 Å². The summed E-state index contributed by atoms with van der Waals surface area (Å²) in [6.45, 7) is 5.37. The minimum absolute atomic E-state index is 0.120. The van der Waals surface area contributed by atoms with Crippen LogP contribution in [0.4, 0.5) is 5.69 Å². The molecule has 0 fully saturated rings. The van der Waals surface area contributed by atoms with Crippen LogP contribution in [-0.2, 0) is 13.0 Å². The maximum Gasteiger partial charge on any atom is 0.192 e. The molecule has 0 amide bonds. The van der Waals surface area contributed by atoms with Crippen molar-refractivity contribution in [3.05, 3.63) is 118 Å². The largest absolute Gasteiger partial charge is 0.453 e. The average molecular weight is 502 g/mol. The first-order chi connectivity index (χ1) is 18.6. The highest BCUT2D eigenvalue weighted by Gasteiger charge is 2.46. The zero-order valence-electron chi connectivity index (χ0n) is 21.2. The summed E-state index contributed by atoms with van der Waals surface area (Å²) in [7, 11) is 0. The highest BCUT2D eigenvalue weighted by molar-refractivity contribution is 6.33. The summed E-state index contributed by atoms with van der Waals surface area (Å²) >= 11 is 0. The molecule has 6 nitrogen and oxygen atoms in total. The summed E-state index contributed by atoms with van der Waals surface area (Å²) in [5, 5.41) is 3.50. The number of aryl methyl sites for hydroxylation is 1. The molecule has 7 rings (SSSR count). The molecule has 0 radical (unpaired) electrons. The van der Waals surface area contributed by atoms with E-state index in [1.54, 1.807) is 24.3 Å². The molecule has 1 atom stereocenters. The van der Waals surface area contributed by atoms with Gasteiger partial charge in [0.25, 0.3) is 0 Å². The highest BCUT2D eigenvalue weighted by atomic mass is 16.5. The summed E-state index contributed by atoms with van der Waals surface area (Å²) in [6, 6.07) is 21.5. The van der Waals surface area contributed by atoms with Gasteiger partial charge in [0, 0.05) is 54.7 Å². The van der Waals surface area contributed by atoms with E-state index >= 15 is 0 Å². The SMILES string of the molecule is Cc1ccc2c(c1)OC1=CC(NCCN3CCc4ccccc4C3)=C3C(=O)c4ccccc4C(=O)C3C1=N2. The Morgan fingerprint density at radius 1 is 1.00 bits per heavy atom. The Morgan fingerprint density at radius 3 is 2.66 bits per heavy atom. The van der Waals surface area contributed by atoms with Crippen LogP contribution in [0.25, 0.3) is 0 Å². The molecule has 0 saturated heterocycles. The second-order valence-electron chi connectivity index (χ2n) is 10.3. The molecule has 3 aromatic carbocycles. The maximum atomic E-state index is 13.8. The molecule has 4 aliphatic rings. The third-order valence-corrected chi connectivity index (χ3v) is 7.85. The lowest BCUT2D eigenvalue weighted by Crippen LogP contribution is -2.43. The zero-order valence-corrected chi connectivity index (χ0v) is 21.2. The molecule has 6 heteroatoms. The molecule has 0 saturated carbocycles. The summed E-state index contributed by atoms with van der Waals surface area (Å²) < 4.78 is 6.29. The zero-order chi connectivity index (χ0) is 25.8. The Hall–Kier alpha value is -4.29. The molecule has 2 aliphatic carbocycles. The monoisotopic (exact) mass is 501 g/mol. The predicted octanol–water partition coefficient (Wildman–Crippen LogP) is 4.95. The van der Waals surface area contributed by atoms with Crippen LogP contribution in [0.3, 0.4) is 0 Å². The molecule has 1 N–H and O–H groups in total. The number of hydrogen-bond donors (Lipinski definition) is 1. The number of carbonyl (C=O) groups excluding carboxylic acids is 2. The van der Waals surface area contributed by atoms with E-state index in [4.69, 9.17) is 9.73 Å². The molecule has 0 bridgehead atoms. The summed E-state index contributed by atoms with van der Waals surface area (Å²) in [5.41, 5.74) is 7.01. The van der Waals surface area contributed by atoms with Crippen molar-refractivity contribution >= 4 is 23.0 Å². The van der Waals surface area contributed by atoms with Gasteiger partial charge >= 0.3 is 0 Å². The van der Waals surface area contributed by atoms with Crippen molar-refractivity contribution in [3.8, 4) is 5.75 Å². The van der Waals surface area contributed by atoms with Gasteiger partial charge in [0.1, 0.15) is 5.69 Å². The van der Waals surface area contributed by atoms with Crippen molar-refractivity contribution in [2.75, 3.05) is 19.6 Å². The number of carbonyl (C=O) groups is 2. The van der Waals surface area contributed by atoms with Gasteiger partial charge < -0.3 is 10.1 Å². The van der Waals surface area contributed by atoms with Crippen molar-refractivity contribution in [1.29, 1.82) is 0 Å². The van der Waals surface area contributed by atoms with E-state index in [0.29, 0.717) is 51.8 Å². The van der Waals surface area contributed by atoms with Crippen molar-refractivity contribution < 1.29 is 14.3 Å². The third-order valence-electron chi connectivity index (χ3n) is 7.85. The van der Waals surface area contributed by atoms with Gasteiger partial charge in [-0.15, -0.1) is 0 Å². The lowest BCUT2D eigenvalue weighted by molar-refractivity contribution is 0.0908. The van der Waals surface area contributed by atoms with Crippen molar-refractivity contribution in [1.82, 2.24) is 10.2 Å². The molecular weight excluding hydrogens is 474 g/mol. The molecule has 38 heavy (non-hydrogen) atoms. The van der Waals surface area contributed by atoms with E-state index in [0.717, 1.165) is 31.6 Å². The number of Topliss-reactive ketones (excluding diaryl/α,β-unsaturated/α-hetero) is 2. The van der Waals surface area contributed by atoms with Gasteiger partial charge in [-0.3, -0.25) is 14.5 Å². The molecule has 0 spiro atoms. The first-order valence-electron chi connectivity index (χ1n) is 13.1. The Balaban J connectivity index is 1.23. The van der Waals surface area contributed by atoms with Crippen LogP contribution in [0.2, 0.25) is 0 Å². The Bertz CT molecular complexity index is 1610. The first-order valence-corrected chi connectivity index (χ1v) is 13.1. The Labute approximate surface area is 221 Å². The number of aliphatic imine (C=N–C) groups is 1. The van der Waals surface area contributed by atoms with Gasteiger partial charge in [-0.05, 0) is 42.2 Å². The lowest BCUT2D eigenvalue weighted by Gasteiger charge is -2.34. The standard InChI is InChI=1S/C32H27N3O3/c1-19-10-11-24-26(16-19)38-27-17-25(33-13-15-35-14-12-20-6-2-3-7-21(20)18-35)28-29(30(27)34-24)32(37)23-9-5-4-8-22(23)31(28)36/h2-11,16-17,29,33H,12-15,18H2,1H3. The van der Waals surface area contributed by atoms with E-state index in [1.165, 1.54) is 11.1 Å². The number of ether oxygens (including phenoxy) is 1. The maximum absolute atomic E-state index is 13.8. The van der Waals surface area contributed by atoms with E-state index in [9.17, 15) is 9.59 Å². The van der Waals surface area contributed by atoms with Crippen molar-refractivity contribution in [3.63, 3.8) is 0 Å². The normalized spacial score (nSPS) is 19.8. The van der Waals surface area contributed by atoms with Crippen LogP contribution in [0.15, 0.2) is 94.8 Å². The number of fused-ring (bicyclic) bond motifs is 6. The molecule has 3 aromatic rings. The van der Waals surface area contributed by atoms with Crippen molar-refractivity contribution in [2.45, 2.75) is 19.9 Å². The summed E-state index contributed by atoms with van der Waals surface area (Å²) in [6.07, 6.45) is 2.88. The fourth-order valence-corrected chi connectivity index (χ4v) is 5.91. The summed E-state index contributed by atoms with van der Waals surface area (Å²) in [4.78, 5) is 34.9. The quantitative estimate of drug-likeness (QED) is 0.548. The van der Waals surface area contributed by atoms with Crippen LogP contribution in [0.1, 0.15) is 37.4 Å². The van der Waals surface area contributed by atoms with Gasteiger partial charge in [0.15, 0.2) is 23.1 Å². The predicted molar refractivity (Wildman–Crippen MR) is 146 cm³/mol. The van der Waals surface area contributed by atoms with E-state index in [1.807, 2.05) is 31.2 Å². The van der Waals surface area contributed by atoms with Gasteiger partial charge in [-0.1, -0.05) is 54.6 Å². The number of ketones is 2. The smallest absolute Gasteiger partial charge is 0.192 e. The van der Waals surface area contributed by atoms with E-state index < -0.39 is 5.92 Å². The Kier molecular flexibility index (Phi) is 5.37. The molecule has 2 heterocycles. The third kappa shape index (κ3) is 3.72. The van der Waals surface area contributed by atoms with Gasteiger partial charge in [0.2, 0.25) is 0 Å². The fraction of sp³-hybridized carbons (Fsp3) is 0.219. The van der Waals surface area contributed by atoms with Gasteiger partial charge in [0.05, 0.1) is 11.6 Å². The number of rotatable bonds is 4. The van der Waals surface area contributed by atoms with Crippen LogP contribution in [0.5, 0.6) is 5.75 Å².